The Labute approximate surface area is 114 Å². The minimum atomic E-state index is -0.660. The third-order valence-electron chi connectivity index (χ3n) is 4.35. The van der Waals surface area contributed by atoms with Crippen LogP contribution in [0.4, 0.5) is 0 Å². The van der Waals surface area contributed by atoms with E-state index in [1.807, 2.05) is 20.0 Å². The van der Waals surface area contributed by atoms with Gasteiger partial charge in [-0.25, -0.2) is 0 Å². The molecule has 0 aliphatic heterocycles. The average molecular weight is 265 g/mol. The molecule has 0 bridgehead atoms. The average Bonchev–Trinajstić information content (AvgIpc) is 2.74. The molecule has 1 aliphatic carbocycles. The van der Waals surface area contributed by atoms with E-state index in [0.717, 1.165) is 37.1 Å². The molecule has 4 nitrogen and oxygen atoms in total. The molecule has 1 aliphatic rings. The fraction of sp³-hybridized carbons (Fsp3) is 0.667. The maximum absolute atomic E-state index is 11.4. The van der Waals surface area contributed by atoms with Gasteiger partial charge in [0.15, 0.2) is 0 Å². The van der Waals surface area contributed by atoms with Gasteiger partial charge < -0.3 is 9.52 Å². The van der Waals surface area contributed by atoms with E-state index in [9.17, 15) is 9.90 Å². The molecular formula is C15H23NO3. The zero-order chi connectivity index (χ0) is 14.0. The smallest absolute Gasteiger partial charge is 0.308 e. The maximum atomic E-state index is 11.4. The van der Waals surface area contributed by atoms with E-state index < -0.39 is 5.97 Å². The maximum Gasteiger partial charge on any atom is 0.308 e. The summed E-state index contributed by atoms with van der Waals surface area (Å²) in [6.07, 6.45) is 4.46. The SMILES string of the molecule is Cc1occc1CN(C)C1CC(C)CCC1C(=O)O. The Morgan fingerprint density at radius 2 is 2.26 bits per heavy atom. The molecule has 1 saturated carbocycles. The second-order valence-corrected chi connectivity index (χ2v) is 5.85. The van der Waals surface area contributed by atoms with Crippen molar-refractivity contribution in [2.75, 3.05) is 7.05 Å². The minimum Gasteiger partial charge on any atom is -0.481 e. The predicted molar refractivity (Wildman–Crippen MR) is 72.8 cm³/mol. The van der Waals surface area contributed by atoms with Crippen molar-refractivity contribution in [2.24, 2.45) is 11.8 Å². The summed E-state index contributed by atoms with van der Waals surface area (Å²) < 4.78 is 5.31. The van der Waals surface area contributed by atoms with E-state index in [2.05, 4.69) is 11.8 Å². The van der Waals surface area contributed by atoms with Crippen molar-refractivity contribution in [1.82, 2.24) is 4.90 Å². The number of carboxylic acid groups (broad SMARTS) is 1. The lowest BCUT2D eigenvalue weighted by molar-refractivity contribution is -0.146. The molecule has 1 fully saturated rings. The number of carboxylic acids is 1. The summed E-state index contributed by atoms with van der Waals surface area (Å²) in [5.74, 6) is 0.622. The molecule has 0 aromatic carbocycles. The molecule has 0 saturated heterocycles. The first-order valence-corrected chi connectivity index (χ1v) is 6.95. The van der Waals surface area contributed by atoms with Crippen molar-refractivity contribution in [3.8, 4) is 0 Å². The van der Waals surface area contributed by atoms with E-state index in [1.165, 1.54) is 0 Å². The first-order chi connectivity index (χ1) is 8.99. The largest absolute Gasteiger partial charge is 0.481 e. The lowest BCUT2D eigenvalue weighted by atomic mass is 9.78. The molecule has 1 heterocycles. The highest BCUT2D eigenvalue weighted by atomic mass is 16.4. The highest BCUT2D eigenvalue weighted by Crippen LogP contribution is 2.32. The number of nitrogens with zero attached hydrogens (tertiary/aromatic N) is 1. The van der Waals surface area contributed by atoms with Crippen molar-refractivity contribution in [3.05, 3.63) is 23.7 Å². The van der Waals surface area contributed by atoms with Crippen LogP contribution in [0.5, 0.6) is 0 Å². The van der Waals surface area contributed by atoms with E-state index in [4.69, 9.17) is 4.42 Å². The summed E-state index contributed by atoms with van der Waals surface area (Å²) in [4.78, 5) is 13.6. The molecule has 19 heavy (non-hydrogen) atoms. The number of aliphatic carboxylic acids is 1. The van der Waals surface area contributed by atoms with Crippen LogP contribution in [0.3, 0.4) is 0 Å². The number of rotatable bonds is 4. The van der Waals surface area contributed by atoms with Crippen molar-refractivity contribution < 1.29 is 14.3 Å². The standard InChI is InChI=1S/C15H23NO3/c1-10-4-5-13(15(17)18)14(8-10)16(3)9-12-6-7-19-11(12)2/h6-7,10,13-14H,4-5,8-9H2,1-3H3,(H,17,18). The van der Waals surface area contributed by atoms with Gasteiger partial charge in [0.25, 0.3) is 0 Å². The van der Waals surface area contributed by atoms with Gasteiger partial charge in [0.2, 0.25) is 0 Å². The van der Waals surface area contributed by atoms with Crippen molar-refractivity contribution in [2.45, 2.75) is 45.7 Å². The van der Waals surface area contributed by atoms with Crippen LogP contribution >= 0.6 is 0 Å². The molecule has 1 aromatic heterocycles. The van der Waals surface area contributed by atoms with E-state index in [1.54, 1.807) is 6.26 Å². The molecule has 1 N–H and O–H groups in total. The normalized spacial score (nSPS) is 27.7. The number of carbonyl (C=O) groups is 1. The highest BCUT2D eigenvalue weighted by molar-refractivity contribution is 5.71. The molecule has 3 unspecified atom stereocenters. The fourth-order valence-corrected chi connectivity index (χ4v) is 3.09. The van der Waals surface area contributed by atoms with Gasteiger partial charge in [-0.05, 0) is 45.2 Å². The van der Waals surface area contributed by atoms with Gasteiger partial charge in [0, 0.05) is 18.2 Å². The van der Waals surface area contributed by atoms with Gasteiger partial charge in [-0.15, -0.1) is 0 Å². The molecule has 1 aromatic rings. The van der Waals surface area contributed by atoms with E-state index >= 15 is 0 Å². The van der Waals surface area contributed by atoms with E-state index in [0.29, 0.717) is 5.92 Å². The third kappa shape index (κ3) is 3.18. The molecule has 4 heteroatoms. The Bertz CT molecular complexity index is 440. The molecular weight excluding hydrogens is 242 g/mol. The van der Waals surface area contributed by atoms with Crippen LogP contribution in [-0.4, -0.2) is 29.1 Å². The van der Waals surface area contributed by atoms with Gasteiger partial charge in [0.1, 0.15) is 5.76 Å². The minimum absolute atomic E-state index is 0.121. The molecule has 0 spiro atoms. The first-order valence-electron chi connectivity index (χ1n) is 6.95. The molecule has 0 radical (unpaired) electrons. The van der Waals surface area contributed by atoms with Gasteiger partial charge in [-0.2, -0.15) is 0 Å². The Morgan fingerprint density at radius 1 is 1.53 bits per heavy atom. The van der Waals surface area contributed by atoms with Gasteiger partial charge >= 0.3 is 5.97 Å². The van der Waals surface area contributed by atoms with Crippen molar-refractivity contribution in [3.63, 3.8) is 0 Å². The first kappa shape index (κ1) is 14.1. The lowest BCUT2D eigenvalue weighted by Gasteiger charge is -2.38. The molecule has 106 valence electrons. The zero-order valence-corrected chi connectivity index (χ0v) is 11.9. The Hall–Kier alpha value is -1.29. The van der Waals surface area contributed by atoms with Crippen LogP contribution in [0, 0.1) is 18.8 Å². The number of aryl methyl sites for hydroxylation is 1. The number of furan rings is 1. The van der Waals surface area contributed by atoms with Crippen molar-refractivity contribution in [1.29, 1.82) is 0 Å². The van der Waals surface area contributed by atoms with Crippen molar-refractivity contribution >= 4 is 5.97 Å². The Morgan fingerprint density at radius 3 is 2.84 bits per heavy atom. The van der Waals surface area contributed by atoms with Gasteiger partial charge in [0.05, 0.1) is 12.2 Å². The lowest BCUT2D eigenvalue weighted by Crippen LogP contribution is -2.44. The second-order valence-electron chi connectivity index (χ2n) is 5.85. The number of hydrogen-bond acceptors (Lipinski definition) is 3. The van der Waals surface area contributed by atoms with Crippen LogP contribution in [0.25, 0.3) is 0 Å². The summed E-state index contributed by atoms with van der Waals surface area (Å²) in [6, 6.07) is 2.09. The molecule has 2 rings (SSSR count). The van der Waals surface area contributed by atoms with Crippen LogP contribution in [0.2, 0.25) is 0 Å². The number of hydrogen-bond donors (Lipinski definition) is 1. The zero-order valence-electron chi connectivity index (χ0n) is 11.9. The Kier molecular flexibility index (Phi) is 4.30. The van der Waals surface area contributed by atoms with Crippen LogP contribution < -0.4 is 0 Å². The van der Waals surface area contributed by atoms with Crippen LogP contribution in [0.1, 0.15) is 37.5 Å². The van der Waals surface area contributed by atoms with Gasteiger partial charge in [-0.1, -0.05) is 6.92 Å². The van der Waals surface area contributed by atoms with Crippen LogP contribution in [0.15, 0.2) is 16.7 Å². The monoisotopic (exact) mass is 265 g/mol. The summed E-state index contributed by atoms with van der Waals surface area (Å²) in [5, 5.41) is 9.38. The topological polar surface area (TPSA) is 53.7 Å². The summed E-state index contributed by atoms with van der Waals surface area (Å²) >= 11 is 0. The quantitative estimate of drug-likeness (QED) is 0.909. The van der Waals surface area contributed by atoms with E-state index in [-0.39, 0.29) is 12.0 Å². The Balaban J connectivity index is 2.08. The summed E-state index contributed by atoms with van der Waals surface area (Å²) in [7, 11) is 2.02. The van der Waals surface area contributed by atoms with Crippen LogP contribution in [-0.2, 0) is 11.3 Å². The molecule has 3 atom stereocenters. The summed E-state index contributed by atoms with van der Waals surface area (Å²) in [6.45, 7) is 4.91. The summed E-state index contributed by atoms with van der Waals surface area (Å²) in [5.41, 5.74) is 1.14. The highest BCUT2D eigenvalue weighted by Gasteiger charge is 2.36. The third-order valence-corrected chi connectivity index (χ3v) is 4.35. The molecule has 0 amide bonds. The second kappa shape index (κ2) is 5.78. The van der Waals surface area contributed by atoms with Gasteiger partial charge in [-0.3, -0.25) is 9.69 Å². The fourth-order valence-electron chi connectivity index (χ4n) is 3.09. The predicted octanol–water partition coefficient (Wildman–Crippen LogP) is 2.91.